The van der Waals surface area contributed by atoms with Crippen molar-refractivity contribution in [1.82, 2.24) is 4.90 Å². The lowest BCUT2D eigenvalue weighted by molar-refractivity contribution is 0.322. The Hall–Kier alpha value is -0.613. The van der Waals surface area contributed by atoms with E-state index in [1.807, 2.05) is 6.07 Å². The van der Waals surface area contributed by atoms with Gasteiger partial charge in [-0.05, 0) is 24.7 Å². The molecule has 0 atom stereocenters. The third kappa shape index (κ3) is 4.45. The molecule has 0 amide bonds. The fraction of sp³-hybridized carbons (Fsp3) is 0.375. The highest BCUT2D eigenvalue weighted by molar-refractivity contribution is 7.16. The number of hydrogen-bond donors (Lipinski definition) is 0. The van der Waals surface area contributed by atoms with Gasteiger partial charge in [0.25, 0.3) is 0 Å². The molecule has 0 spiro atoms. The fourth-order valence-electron chi connectivity index (χ4n) is 2.18. The topological polar surface area (TPSA) is 3.24 Å². The van der Waals surface area contributed by atoms with Crippen LogP contribution in [-0.4, -0.2) is 20.0 Å². The van der Waals surface area contributed by atoms with Gasteiger partial charge in [-0.25, -0.2) is 0 Å². The quantitative estimate of drug-likeness (QED) is 0.728. The second-order valence-corrected chi connectivity index (χ2v) is 13.2. The van der Waals surface area contributed by atoms with E-state index in [2.05, 4.69) is 61.9 Å². The Morgan fingerprint density at radius 3 is 2.15 bits per heavy atom. The number of rotatable bonds is 5. The van der Waals surface area contributed by atoms with E-state index in [0.29, 0.717) is 0 Å². The number of nitrogens with zero attached hydrogens (tertiary/aromatic N) is 1. The van der Waals surface area contributed by atoms with Gasteiger partial charge in [0.1, 0.15) is 0 Å². The summed E-state index contributed by atoms with van der Waals surface area (Å²) >= 11 is 7.63. The van der Waals surface area contributed by atoms with Gasteiger partial charge >= 0.3 is 0 Å². The highest BCUT2D eigenvalue weighted by Crippen LogP contribution is 2.22. The summed E-state index contributed by atoms with van der Waals surface area (Å²) < 4.78 is 0.868. The molecule has 108 valence electrons. The number of hydrogen-bond acceptors (Lipinski definition) is 2. The molecule has 0 N–H and O–H groups in total. The van der Waals surface area contributed by atoms with E-state index in [0.717, 1.165) is 17.4 Å². The molecule has 2 aromatic rings. The first-order chi connectivity index (χ1) is 9.34. The number of halogens is 1. The molecule has 0 radical (unpaired) electrons. The van der Waals surface area contributed by atoms with Crippen LogP contribution in [0.3, 0.4) is 0 Å². The first-order valence-corrected chi connectivity index (χ1v) is 11.6. The Labute approximate surface area is 132 Å². The minimum Gasteiger partial charge on any atom is -0.297 e. The second kappa shape index (κ2) is 6.44. The first-order valence-electron chi connectivity index (χ1n) is 6.87. The van der Waals surface area contributed by atoms with Crippen molar-refractivity contribution in [3.05, 3.63) is 51.2 Å². The van der Waals surface area contributed by atoms with Gasteiger partial charge in [-0.3, -0.25) is 4.90 Å². The van der Waals surface area contributed by atoms with Crippen molar-refractivity contribution in [3.8, 4) is 0 Å². The van der Waals surface area contributed by atoms with E-state index in [-0.39, 0.29) is 0 Å². The van der Waals surface area contributed by atoms with Crippen LogP contribution in [0.25, 0.3) is 0 Å². The Bertz CT molecular complexity index is 557. The average Bonchev–Trinajstić information content (AvgIpc) is 2.74. The maximum Gasteiger partial charge on any atom is 0.0931 e. The van der Waals surface area contributed by atoms with Crippen molar-refractivity contribution in [2.45, 2.75) is 32.7 Å². The zero-order chi connectivity index (χ0) is 14.8. The molecule has 1 nitrogen and oxygen atoms in total. The van der Waals surface area contributed by atoms with Crippen molar-refractivity contribution in [2.75, 3.05) is 7.05 Å². The zero-order valence-corrected chi connectivity index (χ0v) is 15.2. The van der Waals surface area contributed by atoms with Crippen LogP contribution in [-0.2, 0) is 13.1 Å². The van der Waals surface area contributed by atoms with Gasteiger partial charge in [-0.15, -0.1) is 11.3 Å². The van der Waals surface area contributed by atoms with Gasteiger partial charge in [0, 0.05) is 18.0 Å². The normalized spacial score (nSPS) is 12.1. The highest BCUT2D eigenvalue weighted by Gasteiger charge is 2.15. The van der Waals surface area contributed by atoms with Crippen molar-refractivity contribution in [1.29, 1.82) is 0 Å². The van der Waals surface area contributed by atoms with Crippen LogP contribution in [0.2, 0.25) is 24.0 Å². The van der Waals surface area contributed by atoms with E-state index in [4.69, 9.17) is 11.6 Å². The second-order valence-electron chi connectivity index (χ2n) is 6.33. The van der Waals surface area contributed by atoms with Crippen molar-refractivity contribution in [2.24, 2.45) is 0 Å². The molecule has 0 aliphatic carbocycles. The molecule has 0 unspecified atom stereocenters. The molecule has 0 aliphatic heterocycles. The van der Waals surface area contributed by atoms with Crippen LogP contribution >= 0.6 is 22.9 Å². The maximum atomic E-state index is 5.97. The molecular weight excluding hydrogens is 302 g/mol. The smallest absolute Gasteiger partial charge is 0.0931 e. The van der Waals surface area contributed by atoms with E-state index >= 15 is 0 Å². The lowest BCUT2D eigenvalue weighted by atomic mass is 10.2. The van der Waals surface area contributed by atoms with Gasteiger partial charge in [0.2, 0.25) is 0 Å². The first kappa shape index (κ1) is 15.8. The summed E-state index contributed by atoms with van der Waals surface area (Å²) in [6.45, 7) is 9.08. The van der Waals surface area contributed by atoms with Gasteiger partial charge < -0.3 is 0 Å². The molecule has 0 saturated carbocycles. The zero-order valence-electron chi connectivity index (χ0n) is 12.6. The summed E-state index contributed by atoms with van der Waals surface area (Å²) in [5.41, 5.74) is 1.37. The molecule has 0 aliphatic rings. The SMILES string of the molecule is CN(Cc1ccc([Si](C)(C)C)cc1)Cc1ccc(Cl)s1. The van der Waals surface area contributed by atoms with Crippen LogP contribution < -0.4 is 5.19 Å². The minimum atomic E-state index is -1.18. The molecule has 0 bridgehead atoms. The molecule has 0 fully saturated rings. The maximum absolute atomic E-state index is 5.97. The highest BCUT2D eigenvalue weighted by atomic mass is 35.5. The largest absolute Gasteiger partial charge is 0.297 e. The third-order valence-corrected chi connectivity index (χ3v) is 6.61. The number of thiophene rings is 1. The Morgan fingerprint density at radius 2 is 1.65 bits per heavy atom. The molecule has 4 heteroatoms. The fourth-order valence-corrected chi connectivity index (χ4v) is 4.52. The van der Waals surface area contributed by atoms with Gasteiger partial charge in [0.05, 0.1) is 12.4 Å². The average molecular weight is 324 g/mol. The van der Waals surface area contributed by atoms with E-state index in [1.165, 1.54) is 15.6 Å². The van der Waals surface area contributed by atoms with E-state index in [9.17, 15) is 0 Å². The van der Waals surface area contributed by atoms with Crippen molar-refractivity contribution < 1.29 is 0 Å². The van der Waals surface area contributed by atoms with Crippen molar-refractivity contribution >= 4 is 36.2 Å². The van der Waals surface area contributed by atoms with Crippen LogP contribution in [0.5, 0.6) is 0 Å². The summed E-state index contributed by atoms with van der Waals surface area (Å²) in [6, 6.07) is 13.2. The monoisotopic (exact) mass is 323 g/mol. The van der Waals surface area contributed by atoms with Crippen molar-refractivity contribution in [3.63, 3.8) is 0 Å². The Morgan fingerprint density at radius 1 is 1.00 bits per heavy atom. The van der Waals surface area contributed by atoms with Crippen LogP contribution in [0.15, 0.2) is 36.4 Å². The predicted octanol–water partition coefficient (Wildman–Crippen LogP) is 4.58. The van der Waals surface area contributed by atoms with Crippen LogP contribution in [0.4, 0.5) is 0 Å². The Balaban J connectivity index is 1.96. The van der Waals surface area contributed by atoms with Crippen LogP contribution in [0.1, 0.15) is 10.4 Å². The summed E-state index contributed by atoms with van der Waals surface area (Å²) in [6.07, 6.45) is 0. The molecule has 0 saturated heterocycles. The lowest BCUT2D eigenvalue weighted by Gasteiger charge is -2.19. The van der Waals surface area contributed by atoms with E-state index < -0.39 is 8.07 Å². The predicted molar refractivity (Wildman–Crippen MR) is 93.9 cm³/mol. The summed E-state index contributed by atoms with van der Waals surface area (Å²) in [4.78, 5) is 3.64. The Kier molecular flexibility index (Phi) is 5.08. The molecule has 1 heterocycles. The summed E-state index contributed by atoms with van der Waals surface area (Å²) in [5, 5.41) is 1.52. The standard InChI is InChI=1S/C16H22ClNSSi/c1-18(12-14-7-10-16(17)19-14)11-13-5-8-15(9-6-13)20(2,3)4/h5-10H,11-12H2,1-4H3. The number of benzene rings is 1. The summed E-state index contributed by atoms with van der Waals surface area (Å²) in [7, 11) is 0.972. The molecular formula is C16H22ClNSSi. The summed E-state index contributed by atoms with van der Waals surface area (Å²) in [5.74, 6) is 0. The molecule has 1 aromatic carbocycles. The van der Waals surface area contributed by atoms with Gasteiger partial charge in [-0.1, -0.05) is 60.7 Å². The van der Waals surface area contributed by atoms with Gasteiger partial charge in [0.15, 0.2) is 0 Å². The molecule has 2 rings (SSSR count). The van der Waals surface area contributed by atoms with Crippen LogP contribution in [0, 0.1) is 0 Å². The lowest BCUT2D eigenvalue weighted by Crippen LogP contribution is -2.37. The minimum absolute atomic E-state index is 0.868. The molecule has 1 aromatic heterocycles. The third-order valence-electron chi connectivity index (χ3n) is 3.33. The molecule has 20 heavy (non-hydrogen) atoms. The van der Waals surface area contributed by atoms with E-state index in [1.54, 1.807) is 11.3 Å². The van der Waals surface area contributed by atoms with Gasteiger partial charge in [-0.2, -0.15) is 0 Å².